The molecule has 0 saturated heterocycles. The lowest BCUT2D eigenvalue weighted by atomic mass is 10.3. The molecule has 2 rings (SSSR count). The number of rotatable bonds is 2. The first-order chi connectivity index (χ1) is 6.70. The second-order valence-corrected chi connectivity index (χ2v) is 3.47. The summed E-state index contributed by atoms with van der Waals surface area (Å²) in [7, 11) is 3.14. The molecular formula is C9H13N3O2. The largest absolute Gasteiger partial charge is 0.453 e. The van der Waals surface area contributed by atoms with Crippen LogP contribution in [-0.2, 0) is 11.8 Å². The third-order valence-corrected chi connectivity index (χ3v) is 2.31. The summed E-state index contributed by atoms with van der Waals surface area (Å²) in [4.78, 5) is 11.0. The molecule has 76 valence electrons. The van der Waals surface area contributed by atoms with Crippen LogP contribution in [0.2, 0.25) is 0 Å². The van der Waals surface area contributed by atoms with Crippen molar-refractivity contribution in [3.8, 4) is 0 Å². The van der Waals surface area contributed by atoms with Crippen LogP contribution in [0.5, 0.6) is 0 Å². The van der Waals surface area contributed by atoms with E-state index in [1.165, 1.54) is 20.0 Å². The fourth-order valence-electron chi connectivity index (χ4n) is 1.34. The number of ether oxygens (including phenoxy) is 1. The van der Waals surface area contributed by atoms with E-state index >= 15 is 0 Å². The number of nitrogens with zero attached hydrogens (tertiary/aromatic N) is 2. The van der Waals surface area contributed by atoms with Gasteiger partial charge in [0.2, 0.25) is 0 Å². The molecule has 0 spiro atoms. The maximum absolute atomic E-state index is 11.0. The van der Waals surface area contributed by atoms with Crippen LogP contribution in [0.15, 0.2) is 6.07 Å². The van der Waals surface area contributed by atoms with Crippen molar-refractivity contribution in [2.75, 3.05) is 12.4 Å². The van der Waals surface area contributed by atoms with Gasteiger partial charge in [0.05, 0.1) is 12.8 Å². The van der Waals surface area contributed by atoms with E-state index in [9.17, 15) is 4.79 Å². The molecule has 0 atom stereocenters. The molecule has 1 N–H and O–H groups in total. The molecule has 1 aromatic heterocycles. The third-order valence-electron chi connectivity index (χ3n) is 2.31. The number of hydrogen-bond donors (Lipinski definition) is 1. The predicted molar refractivity (Wildman–Crippen MR) is 51.2 cm³/mol. The minimum Gasteiger partial charge on any atom is -0.453 e. The van der Waals surface area contributed by atoms with Crippen molar-refractivity contribution < 1.29 is 9.53 Å². The van der Waals surface area contributed by atoms with Crippen molar-refractivity contribution in [1.82, 2.24) is 9.78 Å². The van der Waals surface area contributed by atoms with Gasteiger partial charge in [-0.1, -0.05) is 0 Å². The van der Waals surface area contributed by atoms with Gasteiger partial charge in [-0.15, -0.1) is 0 Å². The molecule has 1 heterocycles. The molecule has 1 aliphatic rings. The Labute approximate surface area is 82.0 Å². The van der Waals surface area contributed by atoms with Crippen LogP contribution in [0.4, 0.5) is 10.6 Å². The number of anilines is 1. The van der Waals surface area contributed by atoms with Gasteiger partial charge in [0.15, 0.2) is 0 Å². The summed E-state index contributed by atoms with van der Waals surface area (Å²) >= 11 is 0. The van der Waals surface area contributed by atoms with Gasteiger partial charge >= 0.3 is 6.09 Å². The normalized spacial score (nSPS) is 15.3. The molecule has 1 aliphatic carbocycles. The standard InChI is InChI=1S/C9H13N3O2/c1-12-8(10-9(13)14-2)5-7(11-12)6-3-4-6/h5-6H,3-4H2,1-2H3,(H,10,13). The van der Waals surface area contributed by atoms with Crippen molar-refractivity contribution in [3.05, 3.63) is 11.8 Å². The highest BCUT2D eigenvalue weighted by Gasteiger charge is 2.27. The maximum Gasteiger partial charge on any atom is 0.412 e. The quantitative estimate of drug-likeness (QED) is 0.777. The lowest BCUT2D eigenvalue weighted by Gasteiger charge is -2.01. The van der Waals surface area contributed by atoms with Crippen molar-refractivity contribution in [2.45, 2.75) is 18.8 Å². The summed E-state index contributed by atoms with van der Waals surface area (Å²) in [6.45, 7) is 0. The van der Waals surface area contributed by atoms with E-state index in [1.807, 2.05) is 6.07 Å². The average molecular weight is 195 g/mol. The molecule has 0 unspecified atom stereocenters. The molecule has 14 heavy (non-hydrogen) atoms. The third kappa shape index (κ3) is 1.71. The Morgan fingerprint density at radius 2 is 2.43 bits per heavy atom. The molecule has 0 aliphatic heterocycles. The Bertz CT molecular complexity index is 355. The highest BCUT2D eigenvalue weighted by molar-refractivity contribution is 5.83. The monoisotopic (exact) mass is 195 g/mol. The van der Waals surface area contributed by atoms with Crippen molar-refractivity contribution >= 4 is 11.9 Å². The molecule has 0 bridgehead atoms. The van der Waals surface area contributed by atoms with Gasteiger partial charge in [0.1, 0.15) is 5.82 Å². The molecule has 1 amide bonds. The number of carbonyl (C=O) groups excluding carboxylic acids is 1. The van der Waals surface area contributed by atoms with E-state index in [0.29, 0.717) is 11.7 Å². The van der Waals surface area contributed by atoms with Gasteiger partial charge in [-0.05, 0) is 12.8 Å². The predicted octanol–water partition coefficient (Wildman–Crippen LogP) is 1.48. The summed E-state index contributed by atoms with van der Waals surface area (Å²) in [5.41, 5.74) is 1.05. The van der Waals surface area contributed by atoms with Crippen LogP contribution in [0, 0.1) is 0 Å². The minimum absolute atomic E-state index is 0.463. The Morgan fingerprint density at radius 1 is 1.71 bits per heavy atom. The number of carbonyl (C=O) groups is 1. The van der Waals surface area contributed by atoms with E-state index in [-0.39, 0.29) is 0 Å². The number of amides is 1. The second kappa shape index (κ2) is 3.32. The molecule has 1 aromatic rings. The lowest BCUT2D eigenvalue weighted by molar-refractivity contribution is 0.186. The molecule has 0 aromatic carbocycles. The van der Waals surface area contributed by atoms with Crippen molar-refractivity contribution in [1.29, 1.82) is 0 Å². The number of methoxy groups -OCH3 is 1. The van der Waals surface area contributed by atoms with E-state index in [4.69, 9.17) is 0 Å². The smallest absolute Gasteiger partial charge is 0.412 e. The minimum atomic E-state index is -0.463. The maximum atomic E-state index is 11.0. The summed E-state index contributed by atoms with van der Waals surface area (Å²) in [5, 5.41) is 6.91. The molecule has 1 fully saturated rings. The topological polar surface area (TPSA) is 56.1 Å². The van der Waals surface area contributed by atoms with Crippen LogP contribution in [0.1, 0.15) is 24.5 Å². The first kappa shape index (κ1) is 9.05. The zero-order valence-corrected chi connectivity index (χ0v) is 8.28. The van der Waals surface area contributed by atoms with Crippen molar-refractivity contribution in [3.63, 3.8) is 0 Å². The van der Waals surface area contributed by atoms with Gasteiger partial charge in [-0.25, -0.2) is 4.79 Å². The molecule has 0 radical (unpaired) electrons. The summed E-state index contributed by atoms with van der Waals surface area (Å²) in [6, 6.07) is 1.90. The van der Waals surface area contributed by atoms with Crippen LogP contribution in [0.3, 0.4) is 0 Å². The fourth-order valence-corrected chi connectivity index (χ4v) is 1.34. The number of nitrogens with one attached hydrogen (secondary N) is 1. The number of hydrogen-bond acceptors (Lipinski definition) is 3. The van der Waals surface area contributed by atoms with Crippen LogP contribution in [-0.4, -0.2) is 23.0 Å². The molecule has 1 saturated carbocycles. The van der Waals surface area contributed by atoms with Crippen LogP contribution >= 0.6 is 0 Å². The zero-order valence-electron chi connectivity index (χ0n) is 8.28. The fraction of sp³-hybridized carbons (Fsp3) is 0.556. The van der Waals surface area contributed by atoms with Crippen LogP contribution in [0.25, 0.3) is 0 Å². The summed E-state index contributed by atoms with van der Waals surface area (Å²) < 4.78 is 6.16. The van der Waals surface area contributed by atoms with Gasteiger partial charge in [-0.3, -0.25) is 10.00 Å². The SMILES string of the molecule is COC(=O)Nc1cc(C2CC2)nn1C. The Balaban J connectivity index is 2.12. The van der Waals surface area contributed by atoms with Gasteiger partial charge in [0.25, 0.3) is 0 Å². The molecular weight excluding hydrogens is 182 g/mol. The second-order valence-electron chi connectivity index (χ2n) is 3.47. The van der Waals surface area contributed by atoms with Crippen LogP contribution < -0.4 is 5.32 Å². The highest BCUT2D eigenvalue weighted by atomic mass is 16.5. The Morgan fingerprint density at radius 3 is 3.00 bits per heavy atom. The van der Waals surface area contributed by atoms with E-state index in [1.54, 1.807) is 11.7 Å². The average Bonchev–Trinajstić information content (AvgIpc) is 2.94. The van der Waals surface area contributed by atoms with E-state index in [2.05, 4.69) is 15.2 Å². The van der Waals surface area contributed by atoms with Gasteiger partial charge in [0, 0.05) is 19.0 Å². The lowest BCUT2D eigenvalue weighted by Crippen LogP contribution is -2.13. The van der Waals surface area contributed by atoms with Crippen molar-refractivity contribution in [2.24, 2.45) is 7.05 Å². The first-order valence-corrected chi connectivity index (χ1v) is 4.59. The highest BCUT2D eigenvalue weighted by Crippen LogP contribution is 2.39. The first-order valence-electron chi connectivity index (χ1n) is 4.59. The van der Waals surface area contributed by atoms with E-state index < -0.39 is 6.09 Å². The zero-order chi connectivity index (χ0) is 10.1. The van der Waals surface area contributed by atoms with E-state index in [0.717, 1.165) is 5.69 Å². The molecule has 5 nitrogen and oxygen atoms in total. The molecule has 5 heteroatoms. The van der Waals surface area contributed by atoms with Gasteiger partial charge in [-0.2, -0.15) is 5.10 Å². The Kier molecular flexibility index (Phi) is 2.15. The number of aromatic nitrogens is 2. The summed E-state index contributed by atoms with van der Waals surface area (Å²) in [6.07, 6.45) is 1.94. The Hall–Kier alpha value is -1.52. The van der Waals surface area contributed by atoms with Gasteiger partial charge < -0.3 is 4.74 Å². The summed E-state index contributed by atoms with van der Waals surface area (Å²) in [5.74, 6) is 1.27. The number of aryl methyl sites for hydroxylation is 1.